The number of ether oxygens (including phenoxy) is 1. The summed E-state index contributed by atoms with van der Waals surface area (Å²) in [6.45, 7) is 7.40. The molecule has 1 aliphatic rings. The molecule has 1 heteroatoms. The number of hydrogen-bond acceptors (Lipinski definition) is 1. The van der Waals surface area contributed by atoms with Crippen molar-refractivity contribution in [1.29, 1.82) is 0 Å². The average molecular weight is 361 g/mol. The van der Waals surface area contributed by atoms with E-state index in [1.165, 1.54) is 47.9 Å². The van der Waals surface area contributed by atoms with Crippen LogP contribution in [0.4, 0.5) is 0 Å². The molecule has 2 aromatic carbocycles. The zero-order chi connectivity index (χ0) is 18.9. The number of rotatable bonds is 8. The van der Waals surface area contributed by atoms with Gasteiger partial charge in [-0.25, -0.2) is 0 Å². The number of hydrogen-bond donors (Lipinski definition) is 0. The Kier molecular flexibility index (Phi) is 7.47. The zero-order valence-electron chi connectivity index (χ0n) is 16.6. The minimum atomic E-state index is 0.707. The fraction of sp³-hybridized carbons (Fsp3) is 0.385. The number of allylic oxidation sites excluding steroid dienone is 1. The van der Waals surface area contributed by atoms with Crippen LogP contribution in [0.5, 0.6) is 0 Å². The summed E-state index contributed by atoms with van der Waals surface area (Å²) in [6, 6.07) is 18.1. The Morgan fingerprint density at radius 2 is 1.44 bits per heavy atom. The zero-order valence-corrected chi connectivity index (χ0v) is 16.6. The Balaban J connectivity index is 1.48. The van der Waals surface area contributed by atoms with Crippen LogP contribution in [0.3, 0.4) is 0 Å². The van der Waals surface area contributed by atoms with Gasteiger partial charge in [-0.3, -0.25) is 0 Å². The van der Waals surface area contributed by atoms with Crippen LogP contribution in [0.25, 0.3) is 6.08 Å². The summed E-state index contributed by atoms with van der Waals surface area (Å²) >= 11 is 0. The molecule has 0 saturated heterocycles. The van der Waals surface area contributed by atoms with Crippen molar-refractivity contribution in [2.45, 2.75) is 57.5 Å². The van der Waals surface area contributed by atoms with E-state index < -0.39 is 0 Å². The van der Waals surface area contributed by atoms with E-state index in [4.69, 9.17) is 4.74 Å². The van der Waals surface area contributed by atoms with Gasteiger partial charge in [0.05, 0.1) is 13.2 Å². The van der Waals surface area contributed by atoms with Crippen LogP contribution in [0.2, 0.25) is 0 Å². The van der Waals surface area contributed by atoms with Crippen molar-refractivity contribution in [2.75, 3.05) is 6.61 Å². The van der Waals surface area contributed by atoms with Crippen LogP contribution in [0.1, 0.15) is 73.1 Å². The van der Waals surface area contributed by atoms with Gasteiger partial charge in [-0.1, -0.05) is 73.3 Å². The second kappa shape index (κ2) is 10.3. The van der Waals surface area contributed by atoms with Crippen LogP contribution < -0.4 is 0 Å². The molecule has 142 valence electrons. The summed E-state index contributed by atoms with van der Waals surface area (Å²) in [5.41, 5.74) is 5.46. The summed E-state index contributed by atoms with van der Waals surface area (Å²) in [5.74, 6) is 1.42. The maximum Gasteiger partial charge on any atom is 0.0717 e. The molecule has 0 unspecified atom stereocenters. The van der Waals surface area contributed by atoms with Gasteiger partial charge in [-0.15, -0.1) is 0 Å². The Bertz CT molecular complexity index is 716. The normalized spacial score (nSPS) is 20.0. The standard InChI is InChI=1S/C26H32O/c1-3-5-6-19-27-20-22-9-13-24(14-10-22)26-17-15-25(16-18-26)23-11-7-21(4-2)8-12-23/h3-5,7-14,25-26H,2,6,15-20H2,1H3. The van der Waals surface area contributed by atoms with Gasteiger partial charge >= 0.3 is 0 Å². The monoisotopic (exact) mass is 360 g/mol. The van der Waals surface area contributed by atoms with E-state index >= 15 is 0 Å². The Labute approximate surface area is 164 Å². The third-order valence-corrected chi connectivity index (χ3v) is 5.76. The van der Waals surface area contributed by atoms with E-state index in [-0.39, 0.29) is 0 Å². The highest BCUT2D eigenvalue weighted by molar-refractivity contribution is 5.47. The van der Waals surface area contributed by atoms with Crippen LogP contribution in [-0.2, 0) is 11.3 Å². The van der Waals surface area contributed by atoms with E-state index in [1.54, 1.807) is 0 Å². The van der Waals surface area contributed by atoms with Crippen LogP contribution in [0.15, 0.2) is 67.3 Å². The molecule has 0 radical (unpaired) electrons. The summed E-state index contributed by atoms with van der Waals surface area (Å²) in [4.78, 5) is 0. The fourth-order valence-electron chi connectivity index (χ4n) is 4.06. The van der Waals surface area contributed by atoms with Gasteiger partial charge in [-0.2, -0.15) is 0 Å². The number of benzene rings is 2. The highest BCUT2D eigenvalue weighted by atomic mass is 16.5. The summed E-state index contributed by atoms with van der Waals surface area (Å²) in [5, 5.41) is 0. The Morgan fingerprint density at radius 1 is 0.889 bits per heavy atom. The van der Waals surface area contributed by atoms with E-state index in [0.29, 0.717) is 18.4 Å². The molecule has 0 spiro atoms. The van der Waals surface area contributed by atoms with Crippen molar-refractivity contribution in [3.05, 3.63) is 89.5 Å². The van der Waals surface area contributed by atoms with E-state index in [1.807, 2.05) is 13.0 Å². The molecule has 0 aromatic heterocycles. The molecular formula is C26H32O. The van der Waals surface area contributed by atoms with Gasteiger partial charge in [0, 0.05) is 0 Å². The molecule has 0 amide bonds. The summed E-state index contributed by atoms with van der Waals surface area (Å²) < 4.78 is 5.73. The molecule has 1 aliphatic carbocycles. The van der Waals surface area contributed by atoms with Gasteiger partial charge in [0.1, 0.15) is 0 Å². The minimum Gasteiger partial charge on any atom is -0.376 e. The molecule has 27 heavy (non-hydrogen) atoms. The lowest BCUT2D eigenvalue weighted by Gasteiger charge is -2.29. The predicted octanol–water partition coefficient (Wildman–Crippen LogP) is 7.25. The largest absolute Gasteiger partial charge is 0.376 e. The average Bonchev–Trinajstić information content (AvgIpc) is 2.74. The highest BCUT2D eigenvalue weighted by Crippen LogP contribution is 2.40. The third-order valence-electron chi connectivity index (χ3n) is 5.76. The van der Waals surface area contributed by atoms with Crippen LogP contribution in [-0.4, -0.2) is 6.61 Å². The van der Waals surface area contributed by atoms with Crippen molar-refractivity contribution in [1.82, 2.24) is 0 Å². The van der Waals surface area contributed by atoms with Crippen molar-refractivity contribution in [3.63, 3.8) is 0 Å². The lowest BCUT2D eigenvalue weighted by atomic mass is 9.76. The lowest BCUT2D eigenvalue weighted by molar-refractivity contribution is 0.125. The Hall–Kier alpha value is -2.12. The molecule has 1 saturated carbocycles. The molecule has 0 heterocycles. The third kappa shape index (κ3) is 5.68. The second-order valence-electron chi connectivity index (χ2n) is 7.57. The summed E-state index contributed by atoms with van der Waals surface area (Å²) in [6.07, 6.45) is 12.3. The van der Waals surface area contributed by atoms with Crippen LogP contribution >= 0.6 is 0 Å². The maximum absolute atomic E-state index is 5.73. The quantitative estimate of drug-likeness (QED) is 0.356. The molecule has 0 aliphatic heterocycles. The van der Waals surface area contributed by atoms with Gasteiger partial charge in [0.2, 0.25) is 0 Å². The topological polar surface area (TPSA) is 9.23 Å². The van der Waals surface area contributed by atoms with Crippen molar-refractivity contribution in [2.24, 2.45) is 0 Å². The molecular weight excluding hydrogens is 328 g/mol. The van der Waals surface area contributed by atoms with E-state index in [9.17, 15) is 0 Å². The molecule has 0 atom stereocenters. The second-order valence-corrected chi connectivity index (χ2v) is 7.57. The van der Waals surface area contributed by atoms with E-state index in [2.05, 4.69) is 67.3 Å². The minimum absolute atomic E-state index is 0.707. The smallest absolute Gasteiger partial charge is 0.0717 e. The van der Waals surface area contributed by atoms with Gasteiger partial charge < -0.3 is 4.74 Å². The molecule has 1 fully saturated rings. The van der Waals surface area contributed by atoms with Crippen LogP contribution in [0, 0.1) is 0 Å². The molecule has 1 nitrogen and oxygen atoms in total. The van der Waals surface area contributed by atoms with Gasteiger partial charge in [0.15, 0.2) is 0 Å². The molecule has 0 bridgehead atoms. The first-order chi connectivity index (χ1) is 13.3. The van der Waals surface area contributed by atoms with Crippen molar-refractivity contribution in [3.8, 4) is 0 Å². The first kappa shape index (κ1) is 19.6. The van der Waals surface area contributed by atoms with E-state index in [0.717, 1.165) is 13.0 Å². The Morgan fingerprint density at radius 3 is 1.96 bits per heavy atom. The molecule has 0 N–H and O–H groups in total. The summed E-state index contributed by atoms with van der Waals surface area (Å²) in [7, 11) is 0. The first-order valence-electron chi connectivity index (χ1n) is 10.3. The van der Waals surface area contributed by atoms with Gasteiger partial charge in [0.25, 0.3) is 0 Å². The maximum atomic E-state index is 5.73. The molecule has 3 rings (SSSR count). The van der Waals surface area contributed by atoms with Crippen molar-refractivity contribution >= 4 is 6.08 Å². The van der Waals surface area contributed by atoms with Crippen molar-refractivity contribution < 1.29 is 4.74 Å². The lowest BCUT2D eigenvalue weighted by Crippen LogP contribution is -2.12. The first-order valence-corrected chi connectivity index (χ1v) is 10.3. The van der Waals surface area contributed by atoms with Gasteiger partial charge in [-0.05, 0) is 73.1 Å². The fourth-order valence-corrected chi connectivity index (χ4v) is 4.06. The predicted molar refractivity (Wildman–Crippen MR) is 116 cm³/mol. The SMILES string of the molecule is C=Cc1ccc(C2CCC(c3ccc(COCCC=CC)cc3)CC2)cc1. The highest BCUT2D eigenvalue weighted by Gasteiger charge is 2.23. The molecule has 2 aromatic rings.